The molecule has 26 heavy (non-hydrogen) atoms. The minimum atomic E-state index is -10.0. The van der Waals surface area contributed by atoms with E-state index in [4.69, 9.17) is 15.9 Å². The third-order valence-corrected chi connectivity index (χ3v) is 4.08. The number of nitrogens with two attached hydrogens (primary N) is 1. The molecule has 0 atom stereocenters. The molecule has 0 spiro atoms. The summed E-state index contributed by atoms with van der Waals surface area (Å²) in [5, 5.41) is 8.76. The first-order valence-electron chi connectivity index (χ1n) is 6.63. The van der Waals surface area contributed by atoms with Gasteiger partial charge in [0, 0.05) is 6.07 Å². The summed E-state index contributed by atoms with van der Waals surface area (Å²) in [5.41, 5.74) is 4.38. The summed E-state index contributed by atoms with van der Waals surface area (Å²) in [6, 6.07) is 4.32. The number of nitrogens with one attached hydrogen (secondary N) is 2. The zero-order chi connectivity index (χ0) is 19.8. The summed E-state index contributed by atoms with van der Waals surface area (Å²) in [6.45, 7) is 0. The van der Waals surface area contributed by atoms with Crippen molar-refractivity contribution in [2.75, 3.05) is 0 Å². The standard InChI is InChI=1S/C14H11F6N3O2S/c15-8-1-3-9(4-2-8)25-12-7-10(26(16,17,18,19)20)5-6-11(12)13(24)23-14(21)22/h1-7H,(H4,21,22,23,24). The lowest BCUT2D eigenvalue weighted by Gasteiger charge is -2.40. The molecule has 0 fully saturated rings. The molecular weight excluding hydrogens is 388 g/mol. The lowest BCUT2D eigenvalue weighted by Crippen LogP contribution is -2.35. The maximum Gasteiger partial charge on any atom is 0.310 e. The molecule has 1 amide bonds. The number of carbonyl (C=O) groups is 1. The Hall–Kier alpha value is -2.89. The first-order valence-corrected chi connectivity index (χ1v) is 8.58. The summed E-state index contributed by atoms with van der Waals surface area (Å²) >= 11 is 0. The highest BCUT2D eigenvalue weighted by atomic mass is 32.5. The third kappa shape index (κ3) is 4.81. The summed E-state index contributed by atoms with van der Waals surface area (Å²) in [5.74, 6) is -3.72. The van der Waals surface area contributed by atoms with Crippen LogP contribution < -0.4 is 15.8 Å². The second-order valence-corrected chi connectivity index (χ2v) is 7.46. The molecule has 0 aliphatic heterocycles. The Kier molecular flexibility index (Phi) is 4.15. The highest BCUT2D eigenvalue weighted by molar-refractivity contribution is 8.45. The minimum Gasteiger partial charge on any atom is -0.456 e. The van der Waals surface area contributed by atoms with Crippen molar-refractivity contribution in [3.05, 3.63) is 53.8 Å². The summed E-state index contributed by atoms with van der Waals surface area (Å²) in [4.78, 5) is 9.63. The monoisotopic (exact) mass is 399 g/mol. The fourth-order valence-corrected chi connectivity index (χ4v) is 2.49. The lowest BCUT2D eigenvalue weighted by atomic mass is 10.2. The van der Waals surface area contributed by atoms with Gasteiger partial charge in [0.2, 0.25) is 0 Å². The van der Waals surface area contributed by atoms with Crippen LogP contribution in [0.25, 0.3) is 0 Å². The van der Waals surface area contributed by atoms with Crippen LogP contribution in [-0.2, 0) is 0 Å². The molecule has 0 aromatic heterocycles. The van der Waals surface area contributed by atoms with Crippen LogP contribution in [0, 0.1) is 11.2 Å². The molecule has 2 aromatic carbocycles. The Bertz CT molecular complexity index is 885. The molecule has 2 rings (SSSR count). The zero-order valence-corrected chi connectivity index (χ0v) is 13.4. The quantitative estimate of drug-likeness (QED) is 0.388. The second kappa shape index (κ2) is 5.56. The van der Waals surface area contributed by atoms with Gasteiger partial charge in [-0.25, -0.2) is 4.39 Å². The molecule has 142 valence electrons. The molecule has 4 N–H and O–H groups in total. The first-order chi connectivity index (χ1) is 11.7. The van der Waals surface area contributed by atoms with Gasteiger partial charge in [-0.05, 0) is 36.4 Å². The Labute approximate surface area is 143 Å². The topological polar surface area (TPSA) is 88.2 Å². The van der Waals surface area contributed by atoms with Gasteiger partial charge in [0.25, 0.3) is 5.91 Å². The van der Waals surface area contributed by atoms with Crippen LogP contribution >= 0.6 is 10.2 Å². The van der Waals surface area contributed by atoms with Gasteiger partial charge in [0.1, 0.15) is 22.2 Å². The second-order valence-electron chi connectivity index (χ2n) is 5.05. The van der Waals surface area contributed by atoms with Crippen LogP contribution in [0.4, 0.5) is 23.8 Å². The summed E-state index contributed by atoms with van der Waals surface area (Å²) in [7, 11) is -10.0. The number of guanidine groups is 1. The number of halogens is 6. The van der Waals surface area contributed by atoms with Crippen molar-refractivity contribution in [3.63, 3.8) is 0 Å². The van der Waals surface area contributed by atoms with E-state index in [0.29, 0.717) is 6.07 Å². The van der Waals surface area contributed by atoms with E-state index in [1.807, 2.05) is 0 Å². The van der Waals surface area contributed by atoms with E-state index in [1.54, 1.807) is 5.32 Å². The highest BCUT2D eigenvalue weighted by Crippen LogP contribution is 3.02. The average Bonchev–Trinajstić information content (AvgIpc) is 2.46. The predicted molar refractivity (Wildman–Crippen MR) is 83.7 cm³/mol. The smallest absolute Gasteiger partial charge is 0.310 e. The number of benzene rings is 2. The Balaban J connectivity index is 2.57. The SMILES string of the molecule is N=C(N)NC(=O)c1ccc(S(F)(F)(F)(F)F)cc1Oc1ccc(F)cc1. The molecule has 0 heterocycles. The maximum atomic E-state index is 13.0. The third-order valence-electron chi connectivity index (χ3n) is 2.93. The van der Waals surface area contributed by atoms with E-state index in [-0.39, 0.29) is 17.9 Å². The number of carbonyl (C=O) groups excluding carboxylic acids is 1. The van der Waals surface area contributed by atoms with Crippen molar-refractivity contribution in [2.45, 2.75) is 4.90 Å². The van der Waals surface area contributed by atoms with E-state index >= 15 is 0 Å². The van der Waals surface area contributed by atoms with Gasteiger partial charge in [0.15, 0.2) is 5.96 Å². The van der Waals surface area contributed by atoms with Gasteiger partial charge < -0.3 is 10.5 Å². The lowest BCUT2D eigenvalue weighted by molar-refractivity contribution is 0.0974. The van der Waals surface area contributed by atoms with Crippen LogP contribution in [0.2, 0.25) is 0 Å². The van der Waals surface area contributed by atoms with Crippen LogP contribution in [0.1, 0.15) is 10.4 Å². The number of rotatable bonds is 4. The molecule has 2 aromatic rings. The molecule has 5 nitrogen and oxygen atoms in total. The van der Waals surface area contributed by atoms with Gasteiger partial charge in [-0.15, -0.1) is 0 Å². The maximum absolute atomic E-state index is 13.0. The molecule has 0 aliphatic carbocycles. The van der Waals surface area contributed by atoms with Crippen molar-refractivity contribution in [2.24, 2.45) is 5.73 Å². The van der Waals surface area contributed by atoms with Crippen LogP contribution in [-0.4, -0.2) is 11.9 Å². The number of amides is 1. The van der Waals surface area contributed by atoms with Crippen molar-refractivity contribution >= 4 is 22.1 Å². The normalized spacial score (nSPS) is 14.1. The van der Waals surface area contributed by atoms with Crippen molar-refractivity contribution < 1.29 is 33.4 Å². The van der Waals surface area contributed by atoms with E-state index < -0.39 is 44.1 Å². The minimum absolute atomic E-state index is 0.0220. The first kappa shape index (κ1) is 19.4. The van der Waals surface area contributed by atoms with E-state index in [0.717, 1.165) is 24.3 Å². The van der Waals surface area contributed by atoms with Crippen LogP contribution in [0.5, 0.6) is 11.5 Å². The van der Waals surface area contributed by atoms with E-state index in [2.05, 4.69) is 0 Å². The molecule has 0 bridgehead atoms. The predicted octanol–water partition coefficient (Wildman–Crippen LogP) is 4.90. The summed E-state index contributed by atoms with van der Waals surface area (Å²) < 4.78 is 82.9. The van der Waals surface area contributed by atoms with Gasteiger partial charge in [-0.1, -0.05) is 19.4 Å². The number of ether oxygens (including phenoxy) is 1. The van der Waals surface area contributed by atoms with Crippen LogP contribution in [0.3, 0.4) is 0 Å². The van der Waals surface area contributed by atoms with Gasteiger partial charge in [-0.3, -0.25) is 15.5 Å². The Morgan fingerprint density at radius 3 is 2.12 bits per heavy atom. The summed E-state index contributed by atoms with van der Waals surface area (Å²) in [6.07, 6.45) is 0. The Morgan fingerprint density at radius 2 is 1.62 bits per heavy atom. The molecule has 0 radical (unpaired) electrons. The molecule has 0 aliphatic rings. The van der Waals surface area contributed by atoms with E-state index in [9.17, 15) is 28.6 Å². The van der Waals surface area contributed by atoms with Gasteiger partial charge in [0.05, 0.1) is 5.56 Å². The van der Waals surface area contributed by atoms with Crippen molar-refractivity contribution in [3.8, 4) is 11.5 Å². The number of hydrogen-bond donors (Lipinski definition) is 3. The van der Waals surface area contributed by atoms with Gasteiger partial charge in [-0.2, -0.15) is 0 Å². The molecule has 0 unspecified atom stereocenters. The largest absolute Gasteiger partial charge is 0.456 e. The molecule has 12 heteroatoms. The van der Waals surface area contributed by atoms with Crippen LogP contribution in [0.15, 0.2) is 47.4 Å². The fourth-order valence-electron chi connectivity index (χ4n) is 1.83. The molecule has 0 saturated carbocycles. The highest BCUT2D eigenvalue weighted by Gasteiger charge is 2.65. The van der Waals surface area contributed by atoms with E-state index in [1.165, 1.54) is 0 Å². The van der Waals surface area contributed by atoms with Crippen molar-refractivity contribution in [1.82, 2.24) is 5.32 Å². The number of hydrogen-bond acceptors (Lipinski definition) is 3. The fraction of sp³-hybridized carbons (Fsp3) is 0. The van der Waals surface area contributed by atoms with Crippen molar-refractivity contribution in [1.29, 1.82) is 5.41 Å². The molecular formula is C14H11F6N3O2S. The molecule has 0 saturated heterocycles. The average molecular weight is 399 g/mol. The zero-order valence-electron chi connectivity index (χ0n) is 12.6. The van der Waals surface area contributed by atoms with Gasteiger partial charge >= 0.3 is 10.2 Å². The Morgan fingerprint density at radius 1 is 1.04 bits per heavy atom.